The molecule has 0 spiro atoms. The average Bonchev–Trinajstić information content (AvgIpc) is 3.42. The summed E-state index contributed by atoms with van der Waals surface area (Å²) in [4.78, 5) is 4.38. The first-order valence-electron chi connectivity index (χ1n) is 9.53. The van der Waals surface area contributed by atoms with Crippen LogP contribution < -0.4 is 5.32 Å². The fourth-order valence-corrected chi connectivity index (χ4v) is 4.36. The van der Waals surface area contributed by atoms with E-state index in [0.717, 1.165) is 75.2 Å². The van der Waals surface area contributed by atoms with Crippen LogP contribution in [0.15, 0.2) is 9.68 Å². The number of rotatable bonds is 7. The molecule has 0 amide bonds. The predicted octanol–water partition coefficient (Wildman–Crippen LogP) is 2.16. The van der Waals surface area contributed by atoms with Gasteiger partial charge in [-0.2, -0.15) is 4.98 Å². The zero-order valence-corrected chi connectivity index (χ0v) is 16.0. The number of piperidine rings is 1. The van der Waals surface area contributed by atoms with Crippen molar-refractivity contribution in [1.82, 2.24) is 30.2 Å². The molecule has 8 nitrogen and oxygen atoms in total. The molecular formula is C17H26N6O2S. The van der Waals surface area contributed by atoms with Crippen molar-refractivity contribution in [3.8, 4) is 0 Å². The first kappa shape index (κ1) is 17.9. The van der Waals surface area contributed by atoms with E-state index in [-0.39, 0.29) is 6.10 Å². The molecule has 4 heterocycles. The van der Waals surface area contributed by atoms with Crippen LogP contribution >= 0.6 is 11.8 Å². The summed E-state index contributed by atoms with van der Waals surface area (Å²) in [6.07, 6.45) is 5.51. The highest BCUT2D eigenvalue weighted by molar-refractivity contribution is 7.98. The Bertz CT molecular complexity index is 706. The maximum absolute atomic E-state index is 5.87. The van der Waals surface area contributed by atoms with Gasteiger partial charge in [-0.3, -0.25) is 0 Å². The largest absolute Gasteiger partial charge is 0.376 e. The summed E-state index contributed by atoms with van der Waals surface area (Å²) in [6, 6.07) is 0. The Kier molecular flexibility index (Phi) is 5.86. The fraction of sp³-hybridized carbons (Fsp3) is 0.765. The third-order valence-corrected chi connectivity index (χ3v) is 5.96. The monoisotopic (exact) mass is 378 g/mol. The summed E-state index contributed by atoms with van der Waals surface area (Å²) < 4.78 is 13.4. The van der Waals surface area contributed by atoms with Gasteiger partial charge in [0.05, 0.1) is 18.4 Å². The Hall–Kier alpha value is -1.45. The number of nitrogens with one attached hydrogen (secondary N) is 1. The van der Waals surface area contributed by atoms with Crippen molar-refractivity contribution in [1.29, 1.82) is 0 Å². The highest BCUT2D eigenvalue weighted by atomic mass is 32.2. The van der Waals surface area contributed by atoms with Crippen molar-refractivity contribution < 1.29 is 9.26 Å². The van der Waals surface area contributed by atoms with E-state index in [0.29, 0.717) is 17.6 Å². The van der Waals surface area contributed by atoms with E-state index in [1.165, 1.54) is 0 Å². The molecule has 4 rings (SSSR count). The topological polar surface area (TPSA) is 90.9 Å². The first-order valence-corrected chi connectivity index (χ1v) is 10.5. The van der Waals surface area contributed by atoms with Crippen LogP contribution in [0.2, 0.25) is 0 Å². The standard InChI is InChI=1S/C17H26N6O2S/c1-2-14-19-15(25-22-14)11-26-17-21-20-16(12-5-7-18-8-6-12)23(17)10-13-4-3-9-24-13/h12-13,18H,2-11H2,1H3/t13-/m0/s1. The van der Waals surface area contributed by atoms with E-state index in [1.807, 2.05) is 6.92 Å². The zero-order chi connectivity index (χ0) is 17.8. The second-order valence-electron chi connectivity index (χ2n) is 6.86. The van der Waals surface area contributed by atoms with Gasteiger partial charge in [-0.1, -0.05) is 23.8 Å². The summed E-state index contributed by atoms with van der Waals surface area (Å²) in [5.74, 6) is 3.57. The predicted molar refractivity (Wildman–Crippen MR) is 97.1 cm³/mol. The lowest BCUT2D eigenvalue weighted by atomic mass is 9.97. The highest BCUT2D eigenvalue weighted by Gasteiger charge is 2.26. The number of hydrogen-bond acceptors (Lipinski definition) is 8. The lowest BCUT2D eigenvalue weighted by Gasteiger charge is -2.23. The van der Waals surface area contributed by atoms with Crippen LogP contribution in [0, 0.1) is 0 Å². The minimum atomic E-state index is 0.265. The van der Waals surface area contributed by atoms with Gasteiger partial charge in [-0.05, 0) is 38.8 Å². The van der Waals surface area contributed by atoms with Gasteiger partial charge in [0, 0.05) is 18.9 Å². The minimum absolute atomic E-state index is 0.265. The zero-order valence-electron chi connectivity index (χ0n) is 15.2. The van der Waals surface area contributed by atoms with Gasteiger partial charge in [0.15, 0.2) is 11.0 Å². The highest BCUT2D eigenvalue weighted by Crippen LogP contribution is 2.30. The minimum Gasteiger partial charge on any atom is -0.376 e. The molecule has 1 atom stereocenters. The summed E-state index contributed by atoms with van der Waals surface area (Å²) in [5.41, 5.74) is 0. The van der Waals surface area contributed by atoms with Gasteiger partial charge in [0.2, 0.25) is 5.89 Å². The van der Waals surface area contributed by atoms with Gasteiger partial charge >= 0.3 is 0 Å². The summed E-state index contributed by atoms with van der Waals surface area (Å²) in [7, 11) is 0. The first-order chi connectivity index (χ1) is 12.8. The van der Waals surface area contributed by atoms with E-state index in [9.17, 15) is 0 Å². The number of thioether (sulfide) groups is 1. The smallest absolute Gasteiger partial charge is 0.237 e. The van der Waals surface area contributed by atoms with Gasteiger partial charge in [-0.15, -0.1) is 10.2 Å². The summed E-state index contributed by atoms with van der Waals surface area (Å²) >= 11 is 1.61. The maximum Gasteiger partial charge on any atom is 0.237 e. The third kappa shape index (κ3) is 4.10. The van der Waals surface area contributed by atoms with Crippen molar-refractivity contribution in [3.63, 3.8) is 0 Å². The van der Waals surface area contributed by atoms with Crippen molar-refractivity contribution in [2.24, 2.45) is 0 Å². The lowest BCUT2D eigenvalue weighted by Crippen LogP contribution is -2.29. The Balaban J connectivity index is 1.50. The lowest BCUT2D eigenvalue weighted by molar-refractivity contribution is 0.0936. The second kappa shape index (κ2) is 8.49. The molecule has 26 heavy (non-hydrogen) atoms. The van der Waals surface area contributed by atoms with E-state index in [4.69, 9.17) is 9.26 Å². The van der Waals surface area contributed by atoms with E-state index in [1.54, 1.807) is 11.8 Å². The third-order valence-electron chi connectivity index (χ3n) is 5.01. The molecule has 2 aliphatic heterocycles. The Morgan fingerprint density at radius 1 is 1.23 bits per heavy atom. The molecule has 2 aliphatic rings. The van der Waals surface area contributed by atoms with E-state index >= 15 is 0 Å². The molecule has 2 fully saturated rings. The molecule has 2 saturated heterocycles. The van der Waals surface area contributed by atoms with Crippen LogP contribution in [-0.4, -0.2) is 50.7 Å². The van der Waals surface area contributed by atoms with Crippen LogP contribution in [-0.2, 0) is 23.5 Å². The molecule has 0 unspecified atom stereocenters. The summed E-state index contributed by atoms with van der Waals surface area (Å²) in [6.45, 7) is 5.80. The molecule has 0 bridgehead atoms. The van der Waals surface area contributed by atoms with Crippen LogP contribution in [0.3, 0.4) is 0 Å². The van der Waals surface area contributed by atoms with Gasteiger partial charge in [-0.25, -0.2) is 0 Å². The van der Waals surface area contributed by atoms with Gasteiger partial charge in [0.1, 0.15) is 5.82 Å². The van der Waals surface area contributed by atoms with Crippen LogP contribution in [0.1, 0.15) is 56.1 Å². The Morgan fingerprint density at radius 2 is 2.12 bits per heavy atom. The molecule has 0 aliphatic carbocycles. The Labute approximate surface area is 157 Å². The SMILES string of the molecule is CCc1noc(CSc2nnc(C3CCNCC3)n2C[C@@H]2CCCO2)n1. The molecule has 2 aromatic heterocycles. The molecular weight excluding hydrogens is 352 g/mol. The Morgan fingerprint density at radius 3 is 2.85 bits per heavy atom. The van der Waals surface area contributed by atoms with E-state index in [2.05, 4.69) is 30.2 Å². The van der Waals surface area contributed by atoms with Crippen molar-refractivity contribution >= 4 is 11.8 Å². The quantitative estimate of drug-likeness (QED) is 0.733. The maximum atomic E-state index is 5.87. The number of aryl methyl sites for hydroxylation is 1. The average molecular weight is 379 g/mol. The van der Waals surface area contributed by atoms with Crippen LogP contribution in [0.4, 0.5) is 0 Å². The van der Waals surface area contributed by atoms with E-state index < -0.39 is 0 Å². The van der Waals surface area contributed by atoms with Crippen LogP contribution in [0.5, 0.6) is 0 Å². The van der Waals surface area contributed by atoms with Crippen LogP contribution in [0.25, 0.3) is 0 Å². The molecule has 2 aromatic rings. The molecule has 0 saturated carbocycles. The van der Waals surface area contributed by atoms with Gasteiger partial charge in [0.25, 0.3) is 0 Å². The number of aromatic nitrogens is 5. The molecule has 9 heteroatoms. The number of hydrogen-bond donors (Lipinski definition) is 1. The second-order valence-corrected chi connectivity index (χ2v) is 7.80. The number of nitrogens with zero attached hydrogens (tertiary/aromatic N) is 5. The molecule has 142 valence electrons. The van der Waals surface area contributed by atoms with Gasteiger partial charge < -0.3 is 19.1 Å². The fourth-order valence-electron chi connectivity index (χ4n) is 3.57. The molecule has 0 aromatic carbocycles. The summed E-state index contributed by atoms with van der Waals surface area (Å²) in [5, 5.41) is 17.4. The van der Waals surface area contributed by atoms with Crippen molar-refractivity contribution in [3.05, 3.63) is 17.5 Å². The number of ether oxygens (including phenoxy) is 1. The molecule has 0 radical (unpaired) electrons. The van der Waals surface area contributed by atoms with Crippen molar-refractivity contribution in [2.45, 2.75) is 68.5 Å². The molecule has 1 N–H and O–H groups in total. The normalized spacial score (nSPS) is 21.5. The van der Waals surface area contributed by atoms with Crippen molar-refractivity contribution in [2.75, 3.05) is 19.7 Å².